The molecular weight excluding hydrogens is 238 g/mol. The molecular formula is C16H19NO2. The summed E-state index contributed by atoms with van der Waals surface area (Å²) in [6.45, 7) is 4.74. The van der Waals surface area contributed by atoms with Gasteiger partial charge in [-0.1, -0.05) is 18.2 Å². The van der Waals surface area contributed by atoms with Crippen LogP contribution in [-0.2, 0) is 6.61 Å². The van der Waals surface area contributed by atoms with E-state index in [4.69, 9.17) is 15.2 Å². The summed E-state index contributed by atoms with van der Waals surface area (Å²) in [6.07, 6.45) is 0. The predicted molar refractivity (Wildman–Crippen MR) is 77.7 cm³/mol. The topological polar surface area (TPSA) is 44.5 Å². The average molecular weight is 257 g/mol. The number of methoxy groups -OCH3 is 1. The van der Waals surface area contributed by atoms with E-state index in [2.05, 4.69) is 32.0 Å². The molecule has 2 N–H and O–H groups in total. The van der Waals surface area contributed by atoms with Crippen molar-refractivity contribution in [3.63, 3.8) is 0 Å². The van der Waals surface area contributed by atoms with Crippen molar-refractivity contribution in [1.29, 1.82) is 0 Å². The van der Waals surface area contributed by atoms with Gasteiger partial charge in [0.1, 0.15) is 18.1 Å². The summed E-state index contributed by atoms with van der Waals surface area (Å²) in [6, 6.07) is 11.8. The lowest BCUT2D eigenvalue weighted by Crippen LogP contribution is -1.98. The van der Waals surface area contributed by atoms with Crippen LogP contribution >= 0.6 is 0 Å². The number of benzene rings is 2. The Hall–Kier alpha value is -2.16. The molecule has 2 aromatic rings. The molecule has 0 aromatic heterocycles. The van der Waals surface area contributed by atoms with E-state index >= 15 is 0 Å². The summed E-state index contributed by atoms with van der Waals surface area (Å²) < 4.78 is 10.8. The number of rotatable bonds is 4. The summed E-state index contributed by atoms with van der Waals surface area (Å²) in [4.78, 5) is 0. The van der Waals surface area contributed by atoms with Crippen LogP contribution in [0.5, 0.6) is 11.5 Å². The van der Waals surface area contributed by atoms with E-state index in [0.29, 0.717) is 18.0 Å². The molecule has 0 bridgehead atoms. The second-order valence-corrected chi connectivity index (χ2v) is 4.61. The van der Waals surface area contributed by atoms with Gasteiger partial charge >= 0.3 is 0 Å². The number of hydrogen-bond acceptors (Lipinski definition) is 3. The second-order valence-electron chi connectivity index (χ2n) is 4.61. The first-order chi connectivity index (χ1) is 9.10. The molecule has 0 aliphatic heterocycles. The van der Waals surface area contributed by atoms with E-state index in [1.165, 1.54) is 11.1 Å². The summed E-state index contributed by atoms with van der Waals surface area (Å²) in [5, 5.41) is 0. The summed E-state index contributed by atoms with van der Waals surface area (Å²) in [7, 11) is 1.60. The Morgan fingerprint density at radius 2 is 1.79 bits per heavy atom. The number of nitrogen functional groups attached to an aromatic ring is 1. The summed E-state index contributed by atoms with van der Waals surface area (Å²) in [5.74, 6) is 1.41. The monoisotopic (exact) mass is 257 g/mol. The van der Waals surface area contributed by atoms with Crippen LogP contribution in [-0.4, -0.2) is 7.11 Å². The molecule has 0 amide bonds. The third kappa shape index (κ3) is 3.19. The number of hydrogen-bond donors (Lipinski definition) is 1. The van der Waals surface area contributed by atoms with E-state index in [1.54, 1.807) is 13.2 Å². The van der Waals surface area contributed by atoms with Crippen LogP contribution in [0.4, 0.5) is 5.69 Å². The van der Waals surface area contributed by atoms with Crippen LogP contribution in [0.3, 0.4) is 0 Å². The summed E-state index contributed by atoms with van der Waals surface area (Å²) >= 11 is 0. The van der Waals surface area contributed by atoms with Crippen molar-refractivity contribution in [2.24, 2.45) is 0 Å². The highest BCUT2D eigenvalue weighted by Gasteiger charge is 2.02. The summed E-state index contributed by atoms with van der Waals surface area (Å²) in [5.41, 5.74) is 10.1. The lowest BCUT2D eigenvalue weighted by Gasteiger charge is -2.10. The second kappa shape index (κ2) is 5.65. The lowest BCUT2D eigenvalue weighted by molar-refractivity contribution is 0.305. The Bertz CT molecular complexity index is 579. The fourth-order valence-electron chi connectivity index (χ4n) is 1.86. The molecule has 3 nitrogen and oxygen atoms in total. The fraction of sp³-hybridized carbons (Fsp3) is 0.250. The van der Waals surface area contributed by atoms with Crippen LogP contribution < -0.4 is 15.2 Å². The first kappa shape index (κ1) is 13.3. The number of ether oxygens (including phenoxy) is 2. The lowest BCUT2D eigenvalue weighted by atomic mass is 10.1. The molecule has 0 atom stereocenters. The molecule has 19 heavy (non-hydrogen) atoms. The van der Waals surface area contributed by atoms with Gasteiger partial charge in [-0.25, -0.2) is 0 Å². The number of anilines is 1. The molecule has 0 aliphatic rings. The average Bonchev–Trinajstić information content (AvgIpc) is 2.40. The van der Waals surface area contributed by atoms with Gasteiger partial charge in [0.05, 0.1) is 12.8 Å². The smallest absolute Gasteiger partial charge is 0.142 e. The molecule has 0 fully saturated rings. The van der Waals surface area contributed by atoms with Crippen molar-refractivity contribution in [2.75, 3.05) is 12.8 Å². The number of aryl methyl sites for hydroxylation is 2. The molecule has 0 spiro atoms. The molecule has 3 heteroatoms. The Morgan fingerprint density at radius 1 is 1.00 bits per heavy atom. The third-order valence-corrected chi connectivity index (χ3v) is 3.18. The molecule has 2 aromatic carbocycles. The zero-order chi connectivity index (χ0) is 13.8. The zero-order valence-corrected chi connectivity index (χ0v) is 11.6. The molecule has 2 rings (SSSR count). The Labute approximate surface area is 114 Å². The largest absolute Gasteiger partial charge is 0.495 e. The Kier molecular flexibility index (Phi) is 3.95. The van der Waals surface area contributed by atoms with Crippen LogP contribution in [0.15, 0.2) is 36.4 Å². The normalized spacial score (nSPS) is 10.3. The fourth-order valence-corrected chi connectivity index (χ4v) is 1.86. The zero-order valence-electron chi connectivity index (χ0n) is 11.6. The van der Waals surface area contributed by atoms with Crippen LogP contribution in [0, 0.1) is 13.8 Å². The molecule has 0 heterocycles. The molecule has 0 unspecified atom stereocenters. The van der Waals surface area contributed by atoms with Gasteiger partial charge in [0.15, 0.2) is 0 Å². The quantitative estimate of drug-likeness (QED) is 0.853. The molecule has 0 aliphatic carbocycles. The van der Waals surface area contributed by atoms with E-state index < -0.39 is 0 Å². The van der Waals surface area contributed by atoms with Gasteiger partial charge in [0.2, 0.25) is 0 Å². The van der Waals surface area contributed by atoms with Gasteiger partial charge < -0.3 is 15.2 Å². The maximum atomic E-state index is 5.84. The Morgan fingerprint density at radius 3 is 2.42 bits per heavy atom. The van der Waals surface area contributed by atoms with E-state index in [0.717, 1.165) is 11.3 Å². The SMILES string of the molecule is COc1ccc(OCc2ccc(C)c(C)c2)cc1N. The van der Waals surface area contributed by atoms with E-state index in [9.17, 15) is 0 Å². The standard InChI is InChI=1S/C16H19NO2/c1-11-4-5-13(8-12(11)2)10-19-14-6-7-16(18-3)15(17)9-14/h4-9H,10,17H2,1-3H3. The van der Waals surface area contributed by atoms with Gasteiger partial charge in [-0.05, 0) is 42.7 Å². The predicted octanol–water partition coefficient (Wildman–Crippen LogP) is 3.47. The Balaban J connectivity index is 2.05. The van der Waals surface area contributed by atoms with Crippen molar-refractivity contribution in [2.45, 2.75) is 20.5 Å². The van der Waals surface area contributed by atoms with Gasteiger partial charge in [-0.2, -0.15) is 0 Å². The minimum Gasteiger partial charge on any atom is -0.495 e. The van der Waals surface area contributed by atoms with Crippen molar-refractivity contribution in [3.05, 3.63) is 53.1 Å². The highest BCUT2D eigenvalue weighted by atomic mass is 16.5. The van der Waals surface area contributed by atoms with Crippen molar-refractivity contribution < 1.29 is 9.47 Å². The maximum absolute atomic E-state index is 5.84. The minimum atomic E-state index is 0.535. The van der Waals surface area contributed by atoms with E-state index in [1.807, 2.05) is 12.1 Å². The van der Waals surface area contributed by atoms with Crippen LogP contribution in [0.1, 0.15) is 16.7 Å². The molecule has 0 radical (unpaired) electrons. The minimum absolute atomic E-state index is 0.535. The van der Waals surface area contributed by atoms with E-state index in [-0.39, 0.29) is 0 Å². The highest BCUT2D eigenvalue weighted by molar-refractivity contribution is 5.56. The van der Waals surface area contributed by atoms with Crippen LogP contribution in [0.2, 0.25) is 0 Å². The van der Waals surface area contributed by atoms with Crippen molar-refractivity contribution in [3.8, 4) is 11.5 Å². The highest BCUT2D eigenvalue weighted by Crippen LogP contribution is 2.26. The first-order valence-corrected chi connectivity index (χ1v) is 6.22. The van der Waals surface area contributed by atoms with Gasteiger partial charge in [-0.15, -0.1) is 0 Å². The van der Waals surface area contributed by atoms with Crippen LogP contribution in [0.25, 0.3) is 0 Å². The van der Waals surface area contributed by atoms with Gasteiger partial charge in [-0.3, -0.25) is 0 Å². The molecule has 0 saturated heterocycles. The maximum Gasteiger partial charge on any atom is 0.142 e. The van der Waals surface area contributed by atoms with Gasteiger partial charge in [0.25, 0.3) is 0 Å². The number of nitrogens with two attached hydrogens (primary N) is 1. The van der Waals surface area contributed by atoms with Crippen molar-refractivity contribution >= 4 is 5.69 Å². The van der Waals surface area contributed by atoms with Crippen molar-refractivity contribution in [1.82, 2.24) is 0 Å². The molecule has 0 saturated carbocycles. The molecule has 100 valence electrons. The first-order valence-electron chi connectivity index (χ1n) is 6.22. The van der Waals surface area contributed by atoms with Gasteiger partial charge in [0, 0.05) is 6.07 Å². The third-order valence-electron chi connectivity index (χ3n) is 3.18.